The predicted octanol–water partition coefficient (Wildman–Crippen LogP) is 3.28. The van der Waals surface area contributed by atoms with Crippen molar-refractivity contribution in [3.8, 4) is 5.69 Å². The molecule has 2 aliphatic rings. The predicted molar refractivity (Wildman–Crippen MR) is 87.3 cm³/mol. The number of benzene rings is 1. The molecule has 6 heteroatoms. The van der Waals surface area contributed by atoms with Crippen molar-refractivity contribution in [1.29, 1.82) is 0 Å². The fourth-order valence-electron chi connectivity index (χ4n) is 3.49. The monoisotopic (exact) mass is 336 g/mol. The maximum Gasteiger partial charge on any atom is 0.164 e. The van der Waals surface area contributed by atoms with E-state index in [1.807, 2.05) is 35.0 Å². The van der Waals surface area contributed by atoms with Gasteiger partial charge in [0, 0.05) is 17.9 Å². The van der Waals surface area contributed by atoms with Crippen molar-refractivity contribution in [2.24, 2.45) is 11.3 Å². The summed E-state index contributed by atoms with van der Waals surface area (Å²) in [5.74, 6) is 1.19. The van der Waals surface area contributed by atoms with Crippen LogP contribution in [0.25, 0.3) is 5.69 Å². The summed E-state index contributed by atoms with van der Waals surface area (Å²) in [6, 6.07) is 10.0. The Bertz CT molecular complexity index is 684. The van der Waals surface area contributed by atoms with Gasteiger partial charge in [0.2, 0.25) is 0 Å². The molecule has 2 aromatic rings. The van der Waals surface area contributed by atoms with Crippen molar-refractivity contribution in [1.82, 2.24) is 19.7 Å². The van der Waals surface area contributed by atoms with Crippen LogP contribution < -0.4 is 0 Å². The number of fused-ring (bicyclic) bond motifs is 1. The smallest absolute Gasteiger partial charge is 0.164 e. The van der Waals surface area contributed by atoms with Crippen LogP contribution in [0.3, 0.4) is 0 Å². The molecule has 1 aliphatic carbocycles. The zero-order valence-corrected chi connectivity index (χ0v) is 13.9. The molecule has 1 aliphatic heterocycles. The Balaban J connectivity index is 1.44. The van der Waals surface area contributed by atoms with E-state index < -0.39 is 4.33 Å². The van der Waals surface area contributed by atoms with Gasteiger partial charge in [-0.3, -0.25) is 4.90 Å². The molecule has 0 spiro atoms. The van der Waals surface area contributed by atoms with E-state index in [-0.39, 0.29) is 5.41 Å². The molecule has 1 saturated heterocycles. The Kier molecular flexibility index (Phi) is 3.26. The highest BCUT2D eigenvalue weighted by molar-refractivity contribution is 6.51. The molecule has 2 unspecified atom stereocenters. The lowest BCUT2D eigenvalue weighted by Gasteiger charge is -2.27. The minimum absolute atomic E-state index is 0.0867. The summed E-state index contributed by atoms with van der Waals surface area (Å²) in [6.07, 6.45) is 2.80. The van der Waals surface area contributed by atoms with Gasteiger partial charge in [0.25, 0.3) is 0 Å². The van der Waals surface area contributed by atoms with Crippen molar-refractivity contribution in [3.63, 3.8) is 0 Å². The normalized spacial score (nSPS) is 30.0. The number of halogens is 2. The van der Waals surface area contributed by atoms with Crippen LogP contribution in [0.5, 0.6) is 0 Å². The summed E-state index contributed by atoms with van der Waals surface area (Å²) >= 11 is 12.8. The molecular formula is C16H18Cl2N4. The number of piperidine rings is 1. The summed E-state index contributed by atoms with van der Waals surface area (Å²) in [5.41, 5.74) is 1.11. The molecule has 1 aromatic heterocycles. The first-order valence-electron chi connectivity index (χ1n) is 7.57. The first-order chi connectivity index (χ1) is 10.5. The van der Waals surface area contributed by atoms with E-state index in [0.717, 1.165) is 37.6 Å². The summed E-state index contributed by atoms with van der Waals surface area (Å²) < 4.78 is 1.26. The van der Waals surface area contributed by atoms with E-state index in [0.29, 0.717) is 5.92 Å². The molecule has 1 aromatic carbocycles. The van der Waals surface area contributed by atoms with E-state index in [4.69, 9.17) is 23.2 Å². The molecule has 2 heterocycles. The molecule has 0 radical (unpaired) electrons. The van der Waals surface area contributed by atoms with Crippen molar-refractivity contribution < 1.29 is 0 Å². The van der Waals surface area contributed by atoms with Crippen molar-refractivity contribution in [3.05, 3.63) is 42.5 Å². The molecule has 0 bridgehead atoms. The topological polar surface area (TPSA) is 34.0 Å². The van der Waals surface area contributed by atoms with Crippen LogP contribution >= 0.6 is 23.2 Å². The van der Waals surface area contributed by atoms with Gasteiger partial charge in [-0.1, -0.05) is 25.1 Å². The van der Waals surface area contributed by atoms with Crippen LogP contribution in [0.15, 0.2) is 36.7 Å². The average molecular weight is 337 g/mol. The van der Waals surface area contributed by atoms with Gasteiger partial charge < -0.3 is 0 Å². The lowest BCUT2D eigenvalue weighted by atomic mass is 9.98. The van der Waals surface area contributed by atoms with Crippen molar-refractivity contribution in [2.45, 2.75) is 24.2 Å². The highest BCUT2D eigenvalue weighted by atomic mass is 35.5. The number of aromatic nitrogens is 3. The van der Waals surface area contributed by atoms with Gasteiger partial charge >= 0.3 is 0 Å². The number of hydrogen-bond acceptors (Lipinski definition) is 3. The molecule has 2 fully saturated rings. The number of alkyl halides is 2. The minimum atomic E-state index is -0.557. The van der Waals surface area contributed by atoms with E-state index in [1.165, 1.54) is 0 Å². The first-order valence-corrected chi connectivity index (χ1v) is 8.32. The third kappa shape index (κ3) is 2.16. The van der Waals surface area contributed by atoms with E-state index in [1.54, 1.807) is 6.33 Å². The fourth-order valence-corrected chi connectivity index (χ4v) is 4.45. The SMILES string of the molecule is CC12CCN(Cc3ncn(-c4ccccc4)n3)CC1C2(Cl)Cl. The van der Waals surface area contributed by atoms with Gasteiger partial charge in [-0.15, -0.1) is 28.3 Å². The van der Waals surface area contributed by atoms with Crippen LogP contribution in [0.2, 0.25) is 0 Å². The second-order valence-corrected chi connectivity index (χ2v) is 7.90. The highest BCUT2D eigenvalue weighted by Gasteiger charge is 2.73. The Morgan fingerprint density at radius 2 is 2.05 bits per heavy atom. The number of rotatable bonds is 3. The minimum Gasteiger partial charge on any atom is -0.295 e. The standard InChI is InChI=1S/C16H18Cl2N4/c1-15-7-8-21(9-13(15)16(15,17)18)10-14-19-11-22(20-14)12-5-3-2-4-6-12/h2-6,11,13H,7-10H2,1H3. The first kappa shape index (κ1) is 14.5. The maximum atomic E-state index is 6.41. The van der Waals surface area contributed by atoms with Gasteiger partial charge in [0.05, 0.1) is 12.2 Å². The zero-order valence-electron chi connectivity index (χ0n) is 12.4. The third-order valence-electron chi connectivity index (χ3n) is 5.20. The number of hydrogen-bond donors (Lipinski definition) is 0. The largest absolute Gasteiger partial charge is 0.295 e. The second-order valence-electron chi connectivity index (χ2n) is 6.52. The molecule has 0 amide bonds. The van der Waals surface area contributed by atoms with Gasteiger partial charge in [-0.2, -0.15) is 0 Å². The van der Waals surface area contributed by atoms with E-state index in [2.05, 4.69) is 21.9 Å². The Morgan fingerprint density at radius 3 is 2.77 bits per heavy atom. The van der Waals surface area contributed by atoms with Crippen LogP contribution in [0.4, 0.5) is 0 Å². The summed E-state index contributed by atoms with van der Waals surface area (Å²) in [4.78, 5) is 6.77. The van der Waals surface area contributed by atoms with E-state index in [9.17, 15) is 0 Å². The maximum absolute atomic E-state index is 6.41. The summed E-state index contributed by atoms with van der Waals surface area (Å²) in [5, 5.41) is 4.56. The summed E-state index contributed by atoms with van der Waals surface area (Å²) in [6.45, 7) is 4.85. The molecular weight excluding hydrogens is 319 g/mol. The zero-order chi connectivity index (χ0) is 15.4. The lowest BCUT2D eigenvalue weighted by Crippen LogP contribution is -2.33. The van der Waals surface area contributed by atoms with Crippen LogP contribution in [-0.4, -0.2) is 37.1 Å². The van der Waals surface area contributed by atoms with Crippen LogP contribution in [0, 0.1) is 11.3 Å². The molecule has 4 nitrogen and oxygen atoms in total. The van der Waals surface area contributed by atoms with Crippen LogP contribution in [-0.2, 0) is 6.54 Å². The highest BCUT2D eigenvalue weighted by Crippen LogP contribution is 2.72. The van der Waals surface area contributed by atoms with E-state index >= 15 is 0 Å². The Hall–Kier alpha value is -1.10. The molecule has 4 rings (SSSR count). The lowest BCUT2D eigenvalue weighted by molar-refractivity contribution is 0.175. The number of likely N-dealkylation sites (tertiary alicyclic amines) is 1. The second kappa shape index (κ2) is 4.95. The molecule has 116 valence electrons. The van der Waals surface area contributed by atoms with Gasteiger partial charge in [-0.05, 0) is 25.1 Å². The van der Waals surface area contributed by atoms with Gasteiger partial charge in [0.15, 0.2) is 5.82 Å². The van der Waals surface area contributed by atoms with Crippen molar-refractivity contribution >= 4 is 23.2 Å². The molecule has 22 heavy (non-hydrogen) atoms. The van der Waals surface area contributed by atoms with Gasteiger partial charge in [0.1, 0.15) is 10.7 Å². The molecule has 1 saturated carbocycles. The third-order valence-corrected chi connectivity index (χ3v) is 6.59. The summed E-state index contributed by atoms with van der Waals surface area (Å²) in [7, 11) is 0. The Morgan fingerprint density at radius 1 is 1.27 bits per heavy atom. The fraction of sp³-hybridized carbons (Fsp3) is 0.500. The quantitative estimate of drug-likeness (QED) is 0.806. The van der Waals surface area contributed by atoms with Crippen molar-refractivity contribution in [2.75, 3.05) is 13.1 Å². The molecule has 2 atom stereocenters. The average Bonchev–Trinajstić information content (AvgIpc) is 2.84. The number of para-hydroxylation sites is 1. The molecule has 0 N–H and O–H groups in total. The Labute approximate surface area is 140 Å². The number of nitrogens with zero attached hydrogens (tertiary/aromatic N) is 4. The van der Waals surface area contributed by atoms with Crippen LogP contribution in [0.1, 0.15) is 19.2 Å². The van der Waals surface area contributed by atoms with Gasteiger partial charge in [-0.25, -0.2) is 9.67 Å².